The van der Waals surface area contributed by atoms with E-state index in [1.807, 2.05) is 54.6 Å². The van der Waals surface area contributed by atoms with Gasteiger partial charge in [-0.05, 0) is 25.0 Å². The molecule has 2 heteroatoms. The largest absolute Gasteiger partial charge is 0.482 e. The highest BCUT2D eigenvalue weighted by Crippen LogP contribution is 2.20. The smallest absolute Gasteiger partial charge is 0.202 e. The summed E-state index contributed by atoms with van der Waals surface area (Å²) in [5.41, 5.74) is 1.80. The van der Waals surface area contributed by atoms with E-state index in [2.05, 4.69) is 6.92 Å². The maximum Gasteiger partial charge on any atom is 0.202 e. The van der Waals surface area contributed by atoms with Crippen LogP contribution in [0.25, 0.3) is 0 Å². The van der Waals surface area contributed by atoms with Crippen molar-refractivity contribution in [3.05, 3.63) is 65.7 Å². The van der Waals surface area contributed by atoms with E-state index in [1.165, 1.54) is 0 Å². The second-order valence-electron chi connectivity index (χ2n) is 4.45. The van der Waals surface area contributed by atoms with Crippen LogP contribution in [-0.4, -0.2) is 11.9 Å². The predicted octanol–water partition coefficient (Wildman–Crippen LogP) is 3.90. The molecule has 1 unspecified atom stereocenters. The lowest BCUT2D eigenvalue weighted by atomic mass is 10.1. The Morgan fingerprint density at radius 2 is 1.68 bits per heavy atom. The molecule has 0 amide bonds. The molecule has 0 aliphatic rings. The molecule has 98 valence electrons. The van der Waals surface area contributed by atoms with Gasteiger partial charge in [-0.1, -0.05) is 55.5 Å². The highest BCUT2D eigenvalue weighted by molar-refractivity contribution is 5.99. The minimum absolute atomic E-state index is 0.00602. The summed E-state index contributed by atoms with van der Waals surface area (Å²) < 4.78 is 5.80. The van der Waals surface area contributed by atoms with Crippen LogP contribution in [0.2, 0.25) is 0 Å². The Kier molecular flexibility index (Phi) is 4.35. The predicted molar refractivity (Wildman–Crippen MR) is 76.7 cm³/mol. The Hall–Kier alpha value is -2.09. The third-order valence-electron chi connectivity index (χ3n) is 3.08. The summed E-state index contributed by atoms with van der Waals surface area (Å²) in [5, 5.41) is 0. The molecule has 19 heavy (non-hydrogen) atoms. The van der Waals surface area contributed by atoms with Gasteiger partial charge in [-0.3, -0.25) is 4.79 Å². The molecular weight excluding hydrogens is 236 g/mol. The number of ether oxygens (including phenoxy) is 1. The van der Waals surface area contributed by atoms with Gasteiger partial charge in [0.05, 0.1) is 0 Å². The minimum Gasteiger partial charge on any atom is -0.482 e. The van der Waals surface area contributed by atoms with Crippen molar-refractivity contribution < 1.29 is 9.53 Å². The van der Waals surface area contributed by atoms with Crippen molar-refractivity contribution in [1.29, 1.82) is 0 Å². The molecule has 0 fully saturated rings. The summed E-state index contributed by atoms with van der Waals surface area (Å²) >= 11 is 0. The SMILES string of the molecule is CCc1ccccc1OC(C)C(=O)c1ccccc1. The summed E-state index contributed by atoms with van der Waals surface area (Å²) in [4.78, 5) is 12.2. The van der Waals surface area contributed by atoms with E-state index in [1.54, 1.807) is 6.92 Å². The van der Waals surface area contributed by atoms with E-state index in [-0.39, 0.29) is 5.78 Å². The van der Waals surface area contributed by atoms with E-state index in [0.717, 1.165) is 17.7 Å². The average Bonchev–Trinajstić information content (AvgIpc) is 2.48. The van der Waals surface area contributed by atoms with E-state index >= 15 is 0 Å². The van der Waals surface area contributed by atoms with E-state index in [9.17, 15) is 4.79 Å². The van der Waals surface area contributed by atoms with Crippen molar-refractivity contribution >= 4 is 5.78 Å². The second-order valence-corrected chi connectivity index (χ2v) is 4.45. The molecule has 2 aromatic carbocycles. The first kappa shape index (κ1) is 13.3. The second kappa shape index (κ2) is 6.19. The van der Waals surface area contributed by atoms with Crippen molar-refractivity contribution in [2.45, 2.75) is 26.4 Å². The van der Waals surface area contributed by atoms with Gasteiger partial charge < -0.3 is 4.74 Å². The van der Waals surface area contributed by atoms with Gasteiger partial charge >= 0.3 is 0 Å². The monoisotopic (exact) mass is 254 g/mol. The van der Waals surface area contributed by atoms with Gasteiger partial charge in [0, 0.05) is 5.56 Å². The number of carbonyl (C=O) groups excluding carboxylic acids is 1. The van der Waals surface area contributed by atoms with Gasteiger partial charge in [-0.15, -0.1) is 0 Å². The number of hydrogen-bond donors (Lipinski definition) is 0. The average molecular weight is 254 g/mol. The lowest BCUT2D eigenvalue weighted by Crippen LogP contribution is -2.24. The van der Waals surface area contributed by atoms with Crippen molar-refractivity contribution in [3.8, 4) is 5.75 Å². The van der Waals surface area contributed by atoms with Crippen LogP contribution >= 0.6 is 0 Å². The highest BCUT2D eigenvalue weighted by Gasteiger charge is 2.17. The van der Waals surface area contributed by atoms with Crippen LogP contribution in [0.15, 0.2) is 54.6 Å². The van der Waals surface area contributed by atoms with Gasteiger partial charge in [0.15, 0.2) is 6.10 Å². The number of hydrogen-bond acceptors (Lipinski definition) is 2. The van der Waals surface area contributed by atoms with Crippen LogP contribution in [0.1, 0.15) is 29.8 Å². The first-order valence-electron chi connectivity index (χ1n) is 6.56. The van der Waals surface area contributed by atoms with E-state index < -0.39 is 6.10 Å². The molecule has 0 radical (unpaired) electrons. The zero-order chi connectivity index (χ0) is 13.7. The molecule has 0 bridgehead atoms. The molecule has 0 N–H and O–H groups in total. The van der Waals surface area contributed by atoms with Crippen molar-refractivity contribution in [2.24, 2.45) is 0 Å². The van der Waals surface area contributed by atoms with Gasteiger partial charge in [-0.25, -0.2) is 0 Å². The number of Topliss-reactive ketones (excluding diaryl/α,β-unsaturated/α-hetero) is 1. The lowest BCUT2D eigenvalue weighted by molar-refractivity contribution is 0.0817. The number of rotatable bonds is 5. The van der Waals surface area contributed by atoms with E-state index in [0.29, 0.717) is 5.56 Å². The van der Waals surface area contributed by atoms with Gasteiger partial charge in [0.2, 0.25) is 5.78 Å². The molecule has 0 spiro atoms. The van der Waals surface area contributed by atoms with Crippen molar-refractivity contribution in [1.82, 2.24) is 0 Å². The molecule has 0 heterocycles. The summed E-state index contributed by atoms with van der Waals surface area (Å²) in [7, 11) is 0. The molecule has 0 aliphatic heterocycles. The van der Waals surface area contributed by atoms with Crippen LogP contribution in [0.5, 0.6) is 5.75 Å². The van der Waals surface area contributed by atoms with Gasteiger partial charge in [0.25, 0.3) is 0 Å². The number of carbonyl (C=O) groups is 1. The molecule has 2 rings (SSSR count). The molecular formula is C17H18O2. The summed E-state index contributed by atoms with van der Waals surface area (Å²) in [6.07, 6.45) is 0.415. The fourth-order valence-electron chi connectivity index (χ4n) is 1.99. The third kappa shape index (κ3) is 3.22. The summed E-state index contributed by atoms with van der Waals surface area (Å²) in [6.45, 7) is 3.87. The van der Waals surface area contributed by atoms with E-state index in [4.69, 9.17) is 4.74 Å². The van der Waals surface area contributed by atoms with Crippen LogP contribution in [0.4, 0.5) is 0 Å². The fraction of sp³-hybridized carbons (Fsp3) is 0.235. The molecule has 0 saturated carbocycles. The summed E-state index contributed by atoms with van der Waals surface area (Å²) in [5.74, 6) is 0.799. The molecule has 0 saturated heterocycles. The Balaban J connectivity index is 2.13. The third-order valence-corrected chi connectivity index (χ3v) is 3.08. The Labute approximate surface area is 114 Å². The quantitative estimate of drug-likeness (QED) is 0.756. The first-order valence-corrected chi connectivity index (χ1v) is 6.56. The minimum atomic E-state index is -0.477. The molecule has 2 nitrogen and oxygen atoms in total. The Bertz CT molecular complexity index is 546. The molecule has 0 aliphatic carbocycles. The maximum atomic E-state index is 12.2. The number of aryl methyl sites for hydroxylation is 1. The van der Waals surface area contributed by atoms with Crippen molar-refractivity contribution in [2.75, 3.05) is 0 Å². The number of benzene rings is 2. The van der Waals surface area contributed by atoms with Crippen LogP contribution in [0.3, 0.4) is 0 Å². The molecule has 1 atom stereocenters. The highest BCUT2D eigenvalue weighted by atomic mass is 16.5. The standard InChI is InChI=1S/C17H18O2/c1-3-14-9-7-8-12-16(14)19-13(2)17(18)15-10-5-4-6-11-15/h4-13H,3H2,1-2H3. The lowest BCUT2D eigenvalue weighted by Gasteiger charge is -2.16. The zero-order valence-electron chi connectivity index (χ0n) is 11.3. The number of para-hydroxylation sites is 1. The van der Waals surface area contributed by atoms with Crippen LogP contribution in [-0.2, 0) is 6.42 Å². The van der Waals surface area contributed by atoms with Crippen LogP contribution in [0, 0.1) is 0 Å². The topological polar surface area (TPSA) is 26.3 Å². The van der Waals surface area contributed by atoms with Crippen LogP contribution < -0.4 is 4.74 Å². The zero-order valence-corrected chi connectivity index (χ0v) is 11.3. The molecule has 2 aromatic rings. The Morgan fingerprint density at radius 3 is 2.37 bits per heavy atom. The first-order chi connectivity index (χ1) is 9.22. The summed E-state index contributed by atoms with van der Waals surface area (Å²) in [6, 6.07) is 17.1. The maximum absolute atomic E-state index is 12.2. The number of ketones is 1. The molecule has 0 aromatic heterocycles. The van der Waals surface area contributed by atoms with Gasteiger partial charge in [0.1, 0.15) is 5.75 Å². The van der Waals surface area contributed by atoms with Gasteiger partial charge in [-0.2, -0.15) is 0 Å². The fourth-order valence-corrected chi connectivity index (χ4v) is 1.99. The Morgan fingerprint density at radius 1 is 1.05 bits per heavy atom. The van der Waals surface area contributed by atoms with Crippen molar-refractivity contribution in [3.63, 3.8) is 0 Å². The normalized spacial score (nSPS) is 11.9.